The Hall–Kier alpha value is -3.41. The summed E-state index contributed by atoms with van der Waals surface area (Å²) in [6, 6.07) is 16.5. The number of halogens is 2. The minimum Gasteiger partial charge on any atom is -0.497 e. The Kier molecular flexibility index (Phi) is 7.15. The van der Waals surface area contributed by atoms with E-state index < -0.39 is 0 Å². The fraction of sp³-hybridized carbons (Fsp3) is 0.148. The highest BCUT2D eigenvalue weighted by Gasteiger charge is 2.16. The van der Waals surface area contributed by atoms with E-state index in [9.17, 15) is 4.79 Å². The largest absolute Gasteiger partial charge is 0.497 e. The summed E-state index contributed by atoms with van der Waals surface area (Å²) >= 11 is 12.2. The van der Waals surface area contributed by atoms with Crippen LogP contribution in [0.3, 0.4) is 0 Å². The van der Waals surface area contributed by atoms with E-state index in [0.29, 0.717) is 33.7 Å². The SMILES string of the molecule is CCOc1cc2occ(-c3ccc(OC)cc3)c2cc1/C(C)=C/C(=O)Nc1cc(Cl)ccc1Cl. The summed E-state index contributed by atoms with van der Waals surface area (Å²) in [6.45, 7) is 4.24. The van der Waals surface area contributed by atoms with Gasteiger partial charge < -0.3 is 19.2 Å². The highest BCUT2D eigenvalue weighted by Crippen LogP contribution is 2.38. The molecule has 0 unspecified atom stereocenters. The average Bonchev–Trinajstić information content (AvgIpc) is 3.24. The van der Waals surface area contributed by atoms with Crippen LogP contribution in [0.25, 0.3) is 27.7 Å². The number of hydrogen-bond acceptors (Lipinski definition) is 4. The molecular formula is C27H23Cl2NO4. The van der Waals surface area contributed by atoms with Crippen LogP contribution in [-0.2, 0) is 4.79 Å². The third-order valence-corrected chi connectivity index (χ3v) is 5.90. The first-order chi connectivity index (χ1) is 16.4. The van der Waals surface area contributed by atoms with Crippen LogP contribution in [0.1, 0.15) is 19.4 Å². The predicted octanol–water partition coefficient (Wildman–Crippen LogP) is 7.86. The van der Waals surface area contributed by atoms with Crippen LogP contribution in [0, 0.1) is 0 Å². The summed E-state index contributed by atoms with van der Waals surface area (Å²) in [5.41, 5.74) is 4.58. The molecule has 7 heteroatoms. The van der Waals surface area contributed by atoms with Gasteiger partial charge in [0.05, 0.1) is 30.7 Å². The number of rotatable bonds is 7. The van der Waals surface area contributed by atoms with E-state index in [2.05, 4.69) is 5.32 Å². The normalized spacial score (nSPS) is 11.5. The second-order valence-corrected chi connectivity index (χ2v) is 8.44. The topological polar surface area (TPSA) is 60.7 Å². The Balaban J connectivity index is 1.72. The van der Waals surface area contributed by atoms with Gasteiger partial charge in [-0.3, -0.25) is 4.79 Å². The molecule has 0 saturated carbocycles. The zero-order valence-electron chi connectivity index (χ0n) is 18.9. The van der Waals surface area contributed by atoms with Crippen LogP contribution in [0.2, 0.25) is 10.0 Å². The standard InChI is InChI=1S/C27H23Cl2NO4/c1-4-33-25-14-26-21(22(15-34-26)17-5-8-19(32-3)9-6-17)13-20(25)16(2)11-27(31)30-24-12-18(28)7-10-23(24)29/h5-15H,4H2,1-3H3,(H,30,31)/b16-11+. The number of allylic oxidation sites excluding steroid dienone is 1. The lowest BCUT2D eigenvalue weighted by Gasteiger charge is -2.12. The molecule has 1 aromatic heterocycles. The smallest absolute Gasteiger partial charge is 0.248 e. The van der Waals surface area contributed by atoms with Crippen LogP contribution in [0.5, 0.6) is 11.5 Å². The third-order valence-electron chi connectivity index (χ3n) is 5.34. The molecule has 4 aromatic rings. The number of fused-ring (bicyclic) bond motifs is 1. The van der Waals surface area contributed by atoms with Crippen molar-refractivity contribution in [2.24, 2.45) is 0 Å². The first-order valence-electron chi connectivity index (χ1n) is 10.7. The molecular weight excluding hydrogens is 473 g/mol. The van der Waals surface area contributed by atoms with Gasteiger partial charge in [0.2, 0.25) is 5.91 Å². The maximum absolute atomic E-state index is 12.7. The summed E-state index contributed by atoms with van der Waals surface area (Å²) in [4.78, 5) is 12.7. The quantitative estimate of drug-likeness (QED) is 0.265. The summed E-state index contributed by atoms with van der Waals surface area (Å²) in [6.07, 6.45) is 3.23. The second kappa shape index (κ2) is 10.2. The van der Waals surface area contributed by atoms with E-state index in [-0.39, 0.29) is 5.91 Å². The fourth-order valence-corrected chi connectivity index (χ4v) is 4.01. The Bertz CT molecular complexity index is 1370. The third kappa shape index (κ3) is 5.06. The van der Waals surface area contributed by atoms with E-state index in [1.807, 2.05) is 50.2 Å². The number of hydrogen-bond donors (Lipinski definition) is 1. The molecule has 1 N–H and O–H groups in total. The molecule has 34 heavy (non-hydrogen) atoms. The van der Waals surface area contributed by atoms with E-state index in [0.717, 1.165) is 33.4 Å². The first-order valence-corrected chi connectivity index (χ1v) is 11.4. The molecule has 0 aliphatic heterocycles. The van der Waals surface area contributed by atoms with Crippen molar-refractivity contribution in [1.82, 2.24) is 0 Å². The van der Waals surface area contributed by atoms with E-state index >= 15 is 0 Å². The molecule has 4 rings (SSSR count). The molecule has 3 aromatic carbocycles. The summed E-state index contributed by atoms with van der Waals surface area (Å²) < 4.78 is 16.9. The van der Waals surface area contributed by atoms with Crippen molar-refractivity contribution >= 4 is 51.3 Å². The number of benzene rings is 3. The van der Waals surface area contributed by atoms with Crippen molar-refractivity contribution < 1.29 is 18.7 Å². The van der Waals surface area contributed by atoms with Gasteiger partial charge in [0.1, 0.15) is 17.1 Å². The second-order valence-electron chi connectivity index (χ2n) is 7.60. The van der Waals surface area contributed by atoms with Crippen molar-refractivity contribution in [3.8, 4) is 22.6 Å². The lowest BCUT2D eigenvalue weighted by molar-refractivity contribution is -0.111. The van der Waals surface area contributed by atoms with Gasteiger partial charge in [-0.05, 0) is 61.4 Å². The molecule has 0 saturated heterocycles. The Labute approximate surface area is 207 Å². The van der Waals surface area contributed by atoms with Crippen LogP contribution < -0.4 is 14.8 Å². The van der Waals surface area contributed by atoms with Crippen LogP contribution in [0.4, 0.5) is 5.69 Å². The summed E-state index contributed by atoms with van der Waals surface area (Å²) in [5.74, 6) is 1.08. The maximum Gasteiger partial charge on any atom is 0.248 e. The number of carbonyl (C=O) groups excluding carboxylic acids is 1. The van der Waals surface area contributed by atoms with Crippen molar-refractivity contribution in [3.63, 3.8) is 0 Å². The minimum atomic E-state index is -0.327. The molecule has 1 heterocycles. The molecule has 1 amide bonds. The highest BCUT2D eigenvalue weighted by molar-refractivity contribution is 6.35. The number of amides is 1. The zero-order chi connectivity index (χ0) is 24.2. The van der Waals surface area contributed by atoms with Crippen LogP contribution in [-0.4, -0.2) is 19.6 Å². The molecule has 174 valence electrons. The van der Waals surface area contributed by atoms with Crippen LogP contribution >= 0.6 is 23.2 Å². The molecule has 0 aliphatic rings. The summed E-state index contributed by atoms with van der Waals surface area (Å²) in [5, 5.41) is 4.58. The van der Waals surface area contributed by atoms with Crippen LogP contribution in [0.15, 0.2) is 71.4 Å². The molecule has 0 fully saturated rings. The summed E-state index contributed by atoms with van der Waals surface area (Å²) in [7, 11) is 1.63. The molecule has 5 nitrogen and oxygen atoms in total. The molecule has 0 aliphatic carbocycles. The van der Waals surface area contributed by atoms with Crippen molar-refractivity contribution in [3.05, 3.63) is 82.5 Å². The Morgan fingerprint density at radius 1 is 1.09 bits per heavy atom. The Morgan fingerprint density at radius 3 is 2.56 bits per heavy atom. The molecule has 0 bridgehead atoms. The predicted molar refractivity (Wildman–Crippen MR) is 138 cm³/mol. The van der Waals surface area contributed by atoms with Gasteiger partial charge >= 0.3 is 0 Å². The van der Waals surface area contributed by atoms with Gasteiger partial charge in [-0.2, -0.15) is 0 Å². The Morgan fingerprint density at radius 2 is 1.85 bits per heavy atom. The number of ether oxygens (including phenoxy) is 2. The van der Waals surface area contributed by atoms with Crippen molar-refractivity contribution in [2.45, 2.75) is 13.8 Å². The monoisotopic (exact) mass is 495 g/mol. The van der Waals surface area contributed by atoms with E-state index in [1.54, 1.807) is 31.6 Å². The van der Waals surface area contributed by atoms with Gasteiger partial charge in [-0.15, -0.1) is 0 Å². The maximum atomic E-state index is 12.7. The lowest BCUT2D eigenvalue weighted by Crippen LogP contribution is -2.09. The number of anilines is 1. The van der Waals surface area contributed by atoms with Gasteiger partial charge in [0.15, 0.2) is 0 Å². The van der Waals surface area contributed by atoms with Gasteiger partial charge in [0.25, 0.3) is 0 Å². The molecule has 0 radical (unpaired) electrons. The average molecular weight is 496 g/mol. The lowest BCUT2D eigenvalue weighted by atomic mass is 9.99. The van der Waals surface area contributed by atoms with Gasteiger partial charge in [0, 0.05) is 33.7 Å². The fourth-order valence-electron chi connectivity index (χ4n) is 3.67. The van der Waals surface area contributed by atoms with E-state index in [4.69, 9.17) is 37.1 Å². The van der Waals surface area contributed by atoms with Crippen molar-refractivity contribution in [2.75, 3.05) is 19.0 Å². The number of furan rings is 1. The number of nitrogens with one attached hydrogen (secondary N) is 1. The van der Waals surface area contributed by atoms with E-state index in [1.165, 1.54) is 6.08 Å². The molecule has 0 spiro atoms. The van der Waals surface area contributed by atoms with Gasteiger partial charge in [-0.1, -0.05) is 35.3 Å². The van der Waals surface area contributed by atoms with Gasteiger partial charge in [-0.25, -0.2) is 0 Å². The number of methoxy groups -OCH3 is 1. The number of carbonyl (C=O) groups is 1. The minimum absolute atomic E-state index is 0.327. The molecule has 0 atom stereocenters. The zero-order valence-corrected chi connectivity index (χ0v) is 20.5. The highest BCUT2D eigenvalue weighted by atomic mass is 35.5. The first kappa shape index (κ1) is 23.7. The van der Waals surface area contributed by atoms with Crippen molar-refractivity contribution in [1.29, 1.82) is 0 Å².